The number of hydrogen-bond acceptors (Lipinski definition) is 5. The Kier molecular flexibility index (Phi) is 8.04. The number of carbonyl (C=O) groups is 1. The topological polar surface area (TPSA) is 84.9 Å². The Morgan fingerprint density at radius 2 is 1.69 bits per heavy atom. The molecule has 0 bridgehead atoms. The summed E-state index contributed by atoms with van der Waals surface area (Å²) in [4.78, 5) is 12.5. The Bertz CT molecular complexity index is 923. The second kappa shape index (κ2) is 10.3. The summed E-state index contributed by atoms with van der Waals surface area (Å²) in [7, 11) is -2.15. The van der Waals surface area contributed by atoms with Crippen LogP contribution in [0.1, 0.15) is 26.3 Å². The monoisotopic (exact) mass is 420 g/mol. The third kappa shape index (κ3) is 5.71. The first-order valence-electron chi connectivity index (χ1n) is 9.55. The summed E-state index contributed by atoms with van der Waals surface area (Å²) < 4.78 is 38.0. The van der Waals surface area contributed by atoms with E-state index >= 15 is 0 Å². The molecule has 0 fully saturated rings. The summed E-state index contributed by atoms with van der Waals surface area (Å²) in [6, 6.07) is 11.9. The molecule has 0 spiro atoms. The highest BCUT2D eigenvalue weighted by atomic mass is 32.2. The molecular formula is C21H28N2O5S. The van der Waals surface area contributed by atoms with Crippen LogP contribution in [0.15, 0.2) is 47.4 Å². The van der Waals surface area contributed by atoms with E-state index in [1.165, 1.54) is 10.4 Å². The summed E-state index contributed by atoms with van der Waals surface area (Å²) >= 11 is 0. The summed E-state index contributed by atoms with van der Waals surface area (Å²) in [5.74, 6) is 0.741. The number of nitrogens with one attached hydrogen (secondary N) is 1. The van der Waals surface area contributed by atoms with Gasteiger partial charge < -0.3 is 14.8 Å². The largest absolute Gasteiger partial charge is 0.497 e. The van der Waals surface area contributed by atoms with Gasteiger partial charge in [-0.2, -0.15) is 4.31 Å². The first-order valence-corrected chi connectivity index (χ1v) is 11.0. The molecule has 2 aromatic carbocycles. The van der Waals surface area contributed by atoms with Gasteiger partial charge in [0.05, 0.1) is 20.1 Å². The van der Waals surface area contributed by atoms with Crippen LogP contribution in [0.25, 0.3) is 0 Å². The van der Waals surface area contributed by atoms with E-state index in [0.29, 0.717) is 31.1 Å². The van der Waals surface area contributed by atoms with Crippen molar-refractivity contribution in [2.75, 3.05) is 32.1 Å². The van der Waals surface area contributed by atoms with Crippen molar-refractivity contribution < 1.29 is 22.7 Å². The van der Waals surface area contributed by atoms with E-state index in [9.17, 15) is 13.2 Å². The fourth-order valence-electron chi connectivity index (χ4n) is 2.90. The zero-order valence-corrected chi connectivity index (χ0v) is 18.1. The predicted molar refractivity (Wildman–Crippen MR) is 113 cm³/mol. The number of sulfonamides is 1. The lowest BCUT2D eigenvalue weighted by Gasteiger charge is -2.21. The molecule has 0 aliphatic rings. The van der Waals surface area contributed by atoms with Crippen LogP contribution in [0.3, 0.4) is 0 Å². The summed E-state index contributed by atoms with van der Waals surface area (Å²) in [5.41, 5.74) is 1.22. The van der Waals surface area contributed by atoms with Crippen molar-refractivity contribution in [3.63, 3.8) is 0 Å². The minimum Gasteiger partial charge on any atom is -0.497 e. The van der Waals surface area contributed by atoms with Gasteiger partial charge in [0, 0.05) is 18.8 Å². The van der Waals surface area contributed by atoms with Gasteiger partial charge in [-0.25, -0.2) is 8.42 Å². The number of carbonyl (C=O) groups excluding carboxylic acids is 1. The lowest BCUT2D eigenvalue weighted by Crippen LogP contribution is -2.31. The molecule has 2 rings (SSSR count). The highest BCUT2D eigenvalue weighted by Crippen LogP contribution is 2.30. The lowest BCUT2D eigenvalue weighted by molar-refractivity contribution is -0.115. The first kappa shape index (κ1) is 22.7. The summed E-state index contributed by atoms with van der Waals surface area (Å²) in [6.45, 7) is 6.38. The quantitative estimate of drug-likeness (QED) is 0.637. The molecule has 0 atom stereocenters. The van der Waals surface area contributed by atoms with Crippen LogP contribution >= 0.6 is 0 Å². The number of benzene rings is 2. The van der Waals surface area contributed by atoms with E-state index in [-0.39, 0.29) is 23.0 Å². The molecule has 0 aliphatic carbocycles. The van der Waals surface area contributed by atoms with Crippen molar-refractivity contribution in [2.45, 2.75) is 32.1 Å². The Morgan fingerprint density at radius 3 is 2.24 bits per heavy atom. The molecule has 0 aromatic heterocycles. The van der Waals surface area contributed by atoms with Crippen LogP contribution in [0, 0.1) is 0 Å². The fraction of sp³-hybridized carbons (Fsp3) is 0.381. The third-order valence-electron chi connectivity index (χ3n) is 4.37. The second-order valence-electron chi connectivity index (χ2n) is 6.26. The van der Waals surface area contributed by atoms with Crippen molar-refractivity contribution in [1.82, 2.24) is 4.31 Å². The molecule has 8 heteroatoms. The average Bonchev–Trinajstić information content (AvgIpc) is 2.70. The highest BCUT2D eigenvalue weighted by molar-refractivity contribution is 7.89. The van der Waals surface area contributed by atoms with Crippen LogP contribution in [0.4, 0.5) is 5.69 Å². The van der Waals surface area contributed by atoms with E-state index < -0.39 is 10.0 Å². The number of anilines is 1. The molecule has 7 nitrogen and oxygen atoms in total. The first-order chi connectivity index (χ1) is 13.8. The van der Waals surface area contributed by atoms with Gasteiger partial charge in [0.15, 0.2) is 0 Å². The maximum atomic E-state index is 13.0. The van der Waals surface area contributed by atoms with Gasteiger partial charge >= 0.3 is 0 Å². The number of nitrogens with zero attached hydrogens (tertiary/aromatic N) is 1. The van der Waals surface area contributed by atoms with Crippen molar-refractivity contribution in [3.8, 4) is 11.5 Å². The zero-order valence-electron chi connectivity index (χ0n) is 17.3. The maximum absolute atomic E-state index is 13.0. The molecule has 29 heavy (non-hydrogen) atoms. The average molecular weight is 421 g/mol. The Hall–Kier alpha value is -2.58. The minimum atomic E-state index is -3.74. The van der Waals surface area contributed by atoms with Crippen LogP contribution in [-0.2, 0) is 21.2 Å². The van der Waals surface area contributed by atoms with Gasteiger partial charge in [-0.15, -0.1) is 0 Å². The van der Waals surface area contributed by atoms with Crippen molar-refractivity contribution in [3.05, 3.63) is 48.0 Å². The van der Waals surface area contributed by atoms with Gasteiger partial charge in [-0.1, -0.05) is 26.0 Å². The van der Waals surface area contributed by atoms with Gasteiger partial charge in [0.1, 0.15) is 16.4 Å². The number of rotatable bonds is 10. The van der Waals surface area contributed by atoms with E-state index in [0.717, 1.165) is 5.56 Å². The Balaban J connectivity index is 2.25. The molecular weight excluding hydrogens is 392 g/mol. The van der Waals surface area contributed by atoms with Crippen molar-refractivity contribution in [1.29, 1.82) is 0 Å². The van der Waals surface area contributed by atoms with Gasteiger partial charge in [-0.05, 0) is 42.8 Å². The fourth-order valence-corrected chi connectivity index (χ4v) is 4.51. The van der Waals surface area contributed by atoms with E-state index in [4.69, 9.17) is 9.47 Å². The molecule has 0 saturated heterocycles. The molecule has 0 radical (unpaired) electrons. The summed E-state index contributed by atoms with van der Waals surface area (Å²) in [5, 5.41) is 2.77. The standard InChI is InChI=1S/C21H28N2O5S/c1-5-23(6-2)29(25,26)20-15-17(10-13-19(20)28-7-3)22-21(24)14-16-8-11-18(27-4)12-9-16/h8-13,15H,5-7,14H2,1-4H3,(H,22,24). The molecule has 0 aliphatic heterocycles. The molecule has 0 unspecified atom stereocenters. The minimum absolute atomic E-state index is 0.0466. The number of hydrogen-bond donors (Lipinski definition) is 1. The number of methoxy groups -OCH3 is 1. The third-order valence-corrected chi connectivity index (χ3v) is 6.45. The second-order valence-corrected chi connectivity index (χ2v) is 8.16. The van der Waals surface area contributed by atoms with Gasteiger partial charge in [0.25, 0.3) is 0 Å². The van der Waals surface area contributed by atoms with E-state index in [1.54, 1.807) is 52.1 Å². The molecule has 0 saturated carbocycles. The van der Waals surface area contributed by atoms with Gasteiger partial charge in [-0.3, -0.25) is 4.79 Å². The number of amides is 1. The molecule has 158 valence electrons. The van der Waals surface area contributed by atoms with Crippen LogP contribution in [0.2, 0.25) is 0 Å². The molecule has 1 N–H and O–H groups in total. The van der Waals surface area contributed by atoms with Crippen LogP contribution in [-0.4, -0.2) is 45.4 Å². The Labute approximate surface area is 172 Å². The maximum Gasteiger partial charge on any atom is 0.246 e. The molecule has 0 heterocycles. The lowest BCUT2D eigenvalue weighted by atomic mass is 10.1. The normalized spacial score (nSPS) is 11.3. The summed E-state index contributed by atoms with van der Waals surface area (Å²) in [6.07, 6.45) is 0.162. The van der Waals surface area contributed by atoms with Crippen molar-refractivity contribution >= 4 is 21.6 Å². The van der Waals surface area contributed by atoms with Crippen LogP contribution in [0.5, 0.6) is 11.5 Å². The Morgan fingerprint density at radius 1 is 1.03 bits per heavy atom. The SMILES string of the molecule is CCOc1ccc(NC(=O)Cc2ccc(OC)cc2)cc1S(=O)(=O)N(CC)CC. The highest BCUT2D eigenvalue weighted by Gasteiger charge is 2.26. The smallest absolute Gasteiger partial charge is 0.246 e. The molecule has 1 amide bonds. The van der Waals surface area contributed by atoms with Crippen molar-refractivity contribution in [2.24, 2.45) is 0 Å². The zero-order chi connectivity index (χ0) is 21.4. The molecule has 2 aromatic rings. The van der Waals surface area contributed by atoms with Gasteiger partial charge in [0.2, 0.25) is 15.9 Å². The number of ether oxygens (including phenoxy) is 2. The van der Waals surface area contributed by atoms with E-state index in [1.807, 2.05) is 12.1 Å². The van der Waals surface area contributed by atoms with E-state index in [2.05, 4.69) is 5.32 Å². The predicted octanol–water partition coefficient (Wildman–Crippen LogP) is 3.31. The van der Waals surface area contributed by atoms with Crippen LogP contribution < -0.4 is 14.8 Å².